The lowest BCUT2D eigenvalue weighted by molar-refractivity contribution is -0.143. The largest absolute Gasteiger partial charge is 0.481 e. The number of nitrogens with one attached hydrogen (secondary N) is 3. The van der Waals surface area contributed by atoms with Gasteiger partial charge in [0.1, 0.15) is 18.1 Å². The molecule has 0 saturated carbocycles. The quantitative estimate of drug-likeness (QED) is 0.175. The van der Waals surface area contributed by atoms with Gasteiger partial charge in [-0.3, -0.25) is 19.2 Å². The molecule has 7 N–H and O–H groups in total. The van der Waals surface area contributed by atoms with Crippen molar-refractivity contribution in [3.8, 4) is 0 Å². The topological polar surface area (TPSA) is 188 Å². The van der Waals surface area contributed by atoms with Gasteiger partial charge >= 0.3 is 11.9 Å². The molecule has 4 unspecified atom stereocenters. The molecule has 0 spiro atoms. The van der Waals surface area contributed by atoms with Crippen molar-refractivity contribution in [1.29, 1.82) is 0 Å². The van der Waals surface area contributed by atoms with Crippen LogP contribution in [0.2, 0.25) is 0 Å². The van der Waals surface area contributed by atoms with Crippen LogP contribution in [0.15, 0.2) is 0 Å². The Kier molecular flexibility index (Phi) is 14.4. The molecule has 11 nitrogen and oxygen atoms in total. The zero-order valence-electron chi connectivity index (χ0n) is 19.9. The monoisotopic (exact) mass is 490 g/mol. The summed E-state index contributed by atoms with van der Waals surface area (Å²) in [7, 11) is 0. The van der Waals surface area contributed by atoms with Gasteiger partial charge in [-0.2, -0.15) is 11.8 Å². The third kappa shape index (κ3) is 12.5. The van der Waals surface area contributed by atoms with E-state index < -0.39 is 60.2 Å². The van der Waals surface area contributed by atoms with Gasteiger partial charge in [-0.05, 0) is 43.1 Å². The molecule has 0 heterocycles. The van der Waals surface area contributed by atoms with Crippen LogP contribution in [0.3, 0.4) is 0 Å². The molecule has 0 aromatic rings. The van der Waals surface area contributed by atoms with Crippen LogP contribution in [0.1, 0.15) is 53.4 Å². The molecular formula is C21H38N4O7S. The first-order valence-electron chi connectivity index (χ1n) is 10.9. The summed E-state index contributed by atoms with van der Waals surface area (Å²) in [4.78, 5) is 60.3. The van der Waals surface area contributed by atoms with Gasteiger partial charge in [0.05, 0.1) is 6.04 Å². The molecule has 0 aliphatic heterocycles. The Labute approximate surface area is 199 Å². The summed E-state index contributed by atoms with van der Waals surface area (Å²) < 4.78 is 0. The summed E-state index contributed by atoms with van der Waals surface area (Å²) in [5.74, 6) is -3.91. The van der Waals surface area contributed by atoms with Crippen molar-refractivity contribution in [2.75, 3.05) is 12.0 Å². The molecule has 0 bridgehead atoms. The van der Waals surface area contributed by atoms with E-state index in [1.165, 1.54) is 11.8 Å². The Morgan fingerprint density at radius 2 is 1.33 bits per heavy atom. The second kappa shape index (κ2) is 15.5. The summed E-state index contributed by atoms with van der Waals surface area (Å²) in [5, 5.41) is 25.7. The Hall–Kier alpha value is -2.34. The van der Waals surface area contributed by atoms with Gasteiger partial charge in [-0.25, -0.2) is 4.79 Å². The molecular weight excluding hydrogens is 452 g/mol. The molecule has 0 saturated heterocycles. The predicted molar refractivity (Wildman–Crippen MR) is 126 cm³/mol. The van der Waals surface area contributed by atoms with Crippen LogP contribution in [0.25, 0.3) is 0 Å². The van der Waals surface area contributed by atoms with Gasteiger partial charge in [0, 0.05) is 6.42 Å². The van der Waals surface area contributed by atoms with Gasteiger partial charge in [0.15, 0.2) is 0 Å². The number of hydrogen-bond donors (Lipinski definition) is 6. The van der Waals surface area contributed by atoms with Crippen LogP contribution in [-0.4, -0.2) is 76.0 Å². The molecule has 0 aliphatic carbocycles. The fourth-order valence-electron chi connectivity index (χ4n) is 2.85. The van der Waals surface area contributed by atoms with Gasteiger partial charge in [0.25, 0.3) is 0 Å². The highest BCUT2D eigenvalue weighted by Crippen LogP contribution is 2.09. The Morgan fingerprint density at radius 3 is 1.79 bits per heavy atom. The minimum absolute atomic E-state index is 0.0167. The lowest BCUT2D eigenvalue weighted by Gasteiger charge is -2.26. The average Bonchev–Trinajstić information content (AvgIpc) is 2.71. The normalized spacial score (nSPS) is 14.8. The Bertz CT molecular complexity index is 688. The number of thioether (sulfide) groups is 1. The number of amides is 3. The fourth-order valence-corrected chi connectivity index (χ4v) is 3.32. The number of carboxylic acid groups (broad SMARTS) is 2. The van der Waals surface area contributed by atoms with E-state index in [1.807, 2.05) is 20.1 Å². The predicted octanol–water partition coefficient (Wildman–Crippen LogP) is 0.173. The van der Waals surface area contributed by atoms with E-state index in [9.17, 15) is 29.1 Å². The van der Waals surface area contributed by atoms with Crippen molar-refractivity contribution in [3.63, 3.8) is 0 Å². The van der Waals surface area contributed by atoms with Crippen molar-refractivity contribution in [1.82, 2.24) is 16.0 Å². The molecule has 0 rings (SSSR count). The molecule has 12 heteroatoms. The van der Waals surface area contributed by atoms with E-state index in [1.54, 1.807) is 13.8 Å². The minimum atomic E-state index is -1.41. The van der Waals surface area contributed by atoms with Crippen LogP contribution < -0.4 is 21.7 Å². The molecule has 0 aliphatic rings. The van der Waals surface area contributed by atoms with E-state index in [0.717, 1.165) is 0 Å². The number of carbonyl (C=O) groups excluding carboxylic acids is 3. The van der Waals surface area contributed by atoms with Gasteiger partial charge < -0.3 is 31.9 Å². The van der Waals surface area contributed by atoms with E-state index >= 15 is 0 Å². The van der Waals surface area contributed by atoms with E-state index in [0.29, 0.717) is 12.2 Å². The van der Waals surface area contributed by atoms with E-state index in [4.69, 9.17) is 10.8 Å². The van der Waals surface area contributed by atoms with Crippen molar-refractivity contribution in [3.05, 3.63) is 0 Å². The smallest absolute Gasteiger partial charge is 0.326 e. The third-order valence-electron chi connectivity index (χ3n) is 4.87. The van der Waals surface area contributed by atoms with Crippen molar-refractivity contribution in [2.24, 2.45) is 17.6 Å². The van der Waals surface area contributed by atoms with Gasteiger partial charge in [0.2, 0.25) is 17.7 Å². The maximum absolute atomic E-state index is 13.0. The highest BCUT2D eigenvalue weighted by atomic mass is 32.2. The molecule has 0 aromatic heterocycles. The first-order valence-corrected chi connectivity index (χ1v) is 12.3. The van der Waals surface area contributed by atoms with Crippen molar-refractivity contribution >= 4 is 41.4 Å². The van der Waals surface area contributed by atoms with E-state index in [-0.39, 0.29) is 24.7 Å². The van der Waals surface area contributed by atoms with Crippen LogP contribution in [0, 0.1) is 11.8 Å². The standard InChI is InChI=1S/C21H38N4O7S/c1-11(2)10-15(19(29)24-14(21(31)32)6-7-16(26)27)25-18(28)13(8-9-33-5)23-20(30)17(22)12(3)4/h11-15,17H,6-10,22H2,1-5H3,(H,23,30)(H,24,29)(H,25,28)(H,26,27)(H,31,32). The first kappa shape index (κ1) is 30.7. The molecule has 0 fully saturated rings. The average molecular weight is 491 g/mol. The van der Waals surface area contributed by atoms with Crippen molar-refractivity contribution in [2.45, 2.75) is 77.5 Å². The first-order chi connectivity index (χ1) is 15.3. The number of nitrogens with two attached hydrogens (primary N) is 1. The summed E-state index contributed by atoms with van der Waals surface area (Å²) >= 11 is 1.49. The molecule has 0 aromatic carbocycles. The molecule has 3 amide bonds. The number of aliphatic carboxylic acids is 2. The van der Waals surface area contributed by atoms with Crippen LogP contribution in [-0.2, 0) is 24.0 Å². The second-order valence-corrected chi connectivity index (χ2v) is 9.62. The lowest BCUT2D eigenvalue weighted by atomic mass is 10.0. The third-order valence-corrected chi connectivity index (χ3v) is 5.51. The van der Waals surface area contributed by atoms with Gasteiger partial charge in [-0.15, -0.1) is 0 Å². The zero-order valence-corrected chi connectivity index (χ0v) is 20.7. The summed E-state index contributed by atoms with van der Waals surface area (Å²) in [5.41, 5.74) is 5.87. The minimum Gasteiger partial charge on any atom is -0.481 e. The number of rotatable bonds is 16. The molecule has 0 radical (unpaired) electrons. The number of carboxylic acids is 2. The van der Waals surface area contributed by atoms with Crippen molar-refractivity contribution < 1.29 is 34.2 Å². The van der Waals surface area contributed by atoms with Crippen LogP contribution in [0.5, 0.6) is 0 Å². The molecule has 33 heavy (non-hydrogen) atoms. The second-order valence-electron chi connectivity index (χ2n) is 8.63. The highest BCUT2D eigenvalue weighted by molar-refractivity contribution is 7.98. The maximum Gasteiger partial charge on any atom is 0.326 e. The van der Waals surface area contributed by atoms with E-state index in [2.05, 4.69) is 16.0 Å². The Balaban J connectivity index is 5.47. The Morgan fingerprint density at radius 1 is 0.818 bits per heavy atom. The highest BCUT2D eigenvalue weighted by Gasteiger charge is 2.31. The van der Waals surface area contributed by atoms with Crippen LogP contribution >= 0.6 is 11.8 Å². The number of hydrogen-bond acceptors (Lipinski definition) is 7. The zero-order chi connectivity index (χ0) is 25.7. The molecule has 190 valence electrons. The van der Waals surface area contributed by atoms with Gasteiger partial charge in [-0.1, -0.05) is 27.7 Å². The fraction of sp³-hybridized carbons (Fsp3) is 0.762. The lowest BCUT2D eigenvalue weighted by Crippen LogP contribution is -2.57. The molecule has 4 atom stereocenters. The maximum atomic E-state index is 13.0. The SMILES string of the molecule is CSCCC(NC(=O)C(N)C(C)C)C(=O)NC(CC(C)C)C(=O)NC(CCC(=O)O)C(=O)O. The summed E-state index contributed by atoms with van der Waals surface area (Å²) in [6.45, 7) is 7.24. The summed E-state index contributed by atoms with van der Waals surface area (Å²) in [6.07, 6.45) is 1.66. The van der Waals surface area contributed by atoms with Crippen LogP contribution in [0.4, 0.5) is 0 Å². The number of carbonyl (C=O) groups is 5. The summed E-state index contributed by atoms with van der Waals surface area (Å²) in [6, 6.07) is -4.18.